The smallest absolute Gasteiger partial charge is 0.253 e. The molecule has 0 bridgehead atoms. The van der Waals surface area contributed by atoms with E-state index in [1.54, 1.807) is 12.1 Å². The molecule has 18 heavy (non-hydrogen) atoms. The molecular formula is C14H19ClN2O. The predicted octanol–water partition coefficient (Wildman–Crippen LogP) is 2.47. The molecule has 1 fully saturated rings. The molecule has 0 saturated carbocycles. The first-order valence-electron chi connectivity index (χ1n) is 6.29. The van der Waals surface area contributed by atoms with Gasteiger partial charge in [-0.15, -0.1) is 0 Å². The van der Waals surface area contributed by atoms with Gasteiger partial charge >= 0.3 is 0 Å². The molecule has 0 aromatic heterocycles. The molecule has 0 aliphatic carbocycles. The van der Waals surface area contributed by atoms with Crippen LogP contribution in [0.15, 0.2) is 18.2 Å². The maximum absolute atomic E-state index is 12.4. The average molecular weight is 267 g/mol. The van der Waals surface area contributed by atoms with Crippen LogP contribution in [0.1, 0.15) is 29.8 Å². The average Bonchev–Trinajstić information content (AvgIpc) is 2.30. The summed E-state index contributed by atoms with van der Waals surface area (Å²) in [7, 11) is 0. The third-order valence-corrected chi connectivity index (χ3v) is 3.67. The minimum absolute atomic E-state index is 0.0926. The Labute approximate surface area is 113 Å². The molecule has 2 atom stereocenters. The lowest BCUT2D eigenvalue weighted by molar-refractivity contribution is 0.0673. The lowest BCUT2D eigenvalue weighted by Crippen LogP contribution is -2.55. The van der Waals surface area contributed by atoms with Gasteiger partial charge in [-0.3, -0.25) is 4.79 Å². The van der Waals surface area contributed by atoms with Crippen molar-refractivity contribution in [2.24, 2.45) is 0 Å². The zero-order valence-corrected chi connectivity index (χ0v) is 11.8. The standard InChI is InChI=1S/C14H19ClN2O/c1-9-6-12(4-5-13(9)15)14(18)17-7-10(2)16-11(3)8-17/h4-6,10-11,16H,7-8H2,1-3H3. The summed E-state index contributed by atoms with van der Waals surface area (Å²) in [5.41, 5.74) is 1.66. The van der Waals surface area contributed by atoms with Gasteiger partial charge < -0.3 is 10.2 Å². The number of amides is 1. The Morgan fingerprint density at radius 3 is 2.50 bits per heavy atom. The topological polar surface area (TPSA) is 32.3 Å². The summed E-state index contributed by atoms with van der Waals surface area (Å²) < 4.78 is 0. The maximum Gasteiger partial charge on any atom is 0.253 e. The first kappa shape index (κ1) is 13.4. The molecule has 4 heteroatoms. The highest BCUT2D eigenvalue weighted by atomic mass is 35.5. The van der Waals surface area contributed by atoms with Gasteiger partial charge in [0.1, 0.15) is 0 Å². The Bertz CT molecular complexity index is 451. The predicted molar refractivity (Wildman–Crippen MR) is 74.2 cm³/mol. The van der Waals surface area contributed by atoms with E-state index in [2.05, 4.69) is 19.2 Å². The molecule has 0 spiro atoms. The van der Waals surface area contributed by atoms with Crippen LogP contribution in [0, 0.1) is 6.92 Å². The van der Waals surface area contributed by atoms with Gasteiger partial charge in [-0.25, -0.2) is 0 Å². The molecule has 1 N–H and O–H groups in total. The number of piperazine rings is 1. The van der Waals surface area contributed by atoms with Crippen molar-refractivity contribution in [3.05, 3.63) is 34.3 Å². The van der Waals surface area contributed by atoms with Gasteiger partial charge in [0.15, 0.2) is 0 Å². The summed E-state index contributed by atoms with van der Waals surface area (Å²) in [6.45, 7) is 7.63. The van der Waals surface area contributed by atoms with Crippen LogP contribution >= 0.6 is 11.6 Å². The van der Waals surface area contributed by atoms with Crippen molar-refractivity contribution in [2.75, 3.05) is 13.1 Å². The summed E-state index contributed by atoms with van der Waals surface area (Å²) in [4.78, 5) is 14.3. The normalized spacial score (nSPS) is 24.1. The van der Waals surface area contributed by atoms with Gasteiger partial charge in [0.2, 0.25) is 0 Å². The Hall–Kier alpha value is -1.06. The molecule has 1 saturated heterocycles. The number of carbonyl (C=O) groups excluding carboxylic acids is 1. The Balaban J connectivity index is 2.17. The second-order valence-corrected chi connectivity index (χ2v) is 5.55. The molecule has 1 heterocycles. The first-order chi connectivity index (χ1) is 8.47. The molecule has 98 valence electrons. The SMILES string of the molecule is Cc1cc(C(=O)N2CC(C)NC(C)C2)ccc1Cl. The van der Waals surface area contributed by atoms with Crippen molar-refractivity contribution in [1.29, 1.82) is 0 Å². The number of carbonyl (C=O) groups is 1. The Kier molecular flexibility index (Phi) is 3.93. The van der Waals surface area contributed by atoms with Gasteiger partial charge in [-0.1, -0.05) is 11.6 Å². The molecule has 0 radical (unpaired) electrons. The van der Waals surface area contributed by atoms with Crippen LogP contribution < -0.4 is 5.32 Å². The van der Waals surface area contributed by atoms with Crippen molar-refractivity contribution >= 4 is 17.5 Å². The highest BCUT2D eigenvalue weighted by Crippen LogP contribution is 2.18. The van der Waals surface area contributed by atoms with E-state index in [0.717, 1.165) is 24.2 Å². The quantitative estimate of drug-likeness (QED) is 0.847. The van der Waals surface area contributed by atoms with Gasteiger partial charge in [-0.2, -0.15) is 0 Å². The summed E-state index contributed by atoms with van der Waals surface area (Å²) in [5.74, 6) is 0.0926. The van der Waals surface area contributed by atoms with Crippen molar-refractivity contribution in [2.45, 2.75) is 32.9 Å². The van der Waals surface area contributed by atoms with E-state index in [1.165, 1.54) is 0 Å². The zero-order valence-electron chi connectivity index (χ0n) is 11.0. The lowest BCUT2D eigenvalue weighted by Gasteiger charge is -2.36. The summed E-state index contributed by atoms with van der Waals surface area (Å²) in [6.07, 6.45) is 0. The highest BCUT2D eigenvalue weighted by Gasteiger charge is 2.25. The van der Waals surface area contributed by atoms with Gasteiger partial charge in [0.05, 0.1) is 0 Å². The zero-order chi connectivity index (χ0) is 13.3. The Morgan fingerprint density at radius 1 is 1.33 bits per heavy atom. The molecular weight excluding hydrogens is 248 g/mol. The fourth-order valence-corrected chi connectivity index (χ4v) is 2.57. The van der Waals surface area contributed by atoms with E-state index in [-0.39, 0.29) is 5.91 Å². The van der Waals surface area contributed by atoms with Gasteiger partial charge in [0, 0.05) is 35.8 Å². The highest BCUT2D eigenvalue weighted by molar-refractivity contribution is 6.31. The fourth-order valence-electron chi connectivity index (χ4n) is 2.45. The molecule has 1 aromatic rings. The molecule has 2 unspecified atom stereocenters. The number of hydrogen-bond donors (Lipinski definition) is 1. The lowest BCUT2D eigenvalue weighted by atomic mass is 10.1. The molecule has 1 aliphatic heterocycles. The summed E-state index contributed by atoms with van der Waals surface area (Å²) in [6, 6.07) is 6.13. The summed E-state index contributed by atoms with van der Waals surface area (Å²) in [5, 5.41) is 4.12. The number of benzene rings is 1. The molecule has 2 rings (SSSR count). The number of nitrogens with one attached hydrogen (secondary N) is 1. The number of rotatable bonds is 1. The van der Waals surface area contributed by atoms with Crippen LogP contribution in [0.2, 0.25) is 5.02 Å². The minimum atomic E-state index is 0.0926. The molecule has 1 aliphatic rings. The monoisotopic (exact) mass is 266 g/mol. The third kappa shape index (κ3) is 2.85. The molecule has 1 amide bonds. The third-order valence-electron chi connectivity index (χ3n) is 3.25. The Morgan fingerprint density at radius 2 is 1.94 bits per heavy atom. The van der Waals surface area contributed by atoms with Crippen LogP contribution in [0.5, 0.6) is 0 Å². The second-order valence-electron chi connectivity index (χ2n) is 5.14. The summed E-state index contributed by atoms with van der Waals surface area (Å²) >= 11 is 5.98. The van der Waals surface area contributed by atoms with Crippen LogP contribution in [-0.4, -0.2) is 36.0 Å². The van der Waals surface area contributed by atoms with Crippen molar-refractivity contribution in [1.82, 2.24) is 10.2 Å². The number of halogens is 1. The van der Waals surface area contributed by atoms with Crippen LogP contribution in [0.4, 0.5) is 0 Å². The van der Waals surface area contributed by atoms with E-state index in [4.69, 9.17) is 11.6 Å². The largest absolute Gasteiger partial charge is 0.336 e. The maximum atomic E-state index is 12.4. The van der Waals surface area contributed by atoms with E-state index in [9.17, 15) is 4.79 Å². The number of aryl methyl sites for hydroxylation is 1. The molecule has 1 aromatic carbocycles. The molecule has 3 nitrogen and oxygen atoms in total. The van der Waals surface area contributed by atoms with E-state index >= 15 is 0 Å². The van der Waals surface area contributed by atoms with Gasteiger partial charge in [-0.05, 0) is 44.5 Å². The fraction of sp³-hybridized carbons (Fsp3) is 0.500. The van der Waals surface area contributed by atoms with E-state index in [0.29, 0.717) is 17.1 Å². The van der Waals surface area contributed by atoms with Crippen LogP contribution in [0.25, 0.3) is 0 Å². The first-order valence-corrected chi connectivity index (χ1v) is 6.66. The van der Waals surface area contributed by atoms with Crippen molar-refractivity contribution in [3.8, 4) is 0 Å². The second kappa shape index (κ2) is 5.29. The number of nitrogens with zero attached hydrogens (tertiary/aromatic N) is 1. The van der Waals surface area contributed by atoms with Crippen LogP contribution in [0.3, 0.4) is 0 Å². The van der Waals surface area contributed by atoms with Crippen molar-refractivity contribution < 1.29 is 4.79 Å². The van der Waals surface area contributed by atoms with E-state index in [1.807, 2.05) is 17.9 Å². The van der Waals surface area contributed by atoms with Crippen LogP contribution in [-0.2, 0) is 0 Å². The van der Waals surface area contributed by atoms with Crippen molar-refractivity contribution in [3.63, 3.8) is 0 Å². The van der Waals surface area contributed by atoms with E-state index < -0.39 is 0 Å². The van der Waals surface area contributed by atoms with Gasteiger partial charge in [0.25, 0.3) is 5.91 Å². The number of hydrogen-bond acceptors (Lipinski definition) is 2. The minimum Gasteiger partial charge on any atom is -0.336 e.